The minimum absolute atomic E-state index is 0.154. The van der Waals surface area contributed by atoms with E-state index < -0.39 is 17.8 Å². The number of halogens is 4. The number of benzene rings is 2. The predicted molar refractivity (Wildman–Crippen MR) is 143 cm³/mol. The molecule has 0 spiro atoms. The van der Waals surface area contributed by atoms with Crippen LogP contribution in [0.25, 0.3) is 17.0 Å². The SMILES string of the molecule is N#Cc1ccc(C=CCN2CCc3c(c4ccc(C(F)(F)F)cc4n3C(=O)NCc3ccnc(Cl)c3)C2)cc1. The molecule has 0 bridgehead atoms. The zero-order valence-corrected chi connectivity index (χ0v) is 21.4. The molecule has 5 rings (SSSR count). The van der Waals surface area contributed by atoms with Crippen LogP contribution in [0.15, 0.2) is 66.9 Å². The molecule has 0 saturated heterocycles. The quantitative estimate of drug-likeness (QED) is 0.292. The number of hydrogen-bond acceptors (Lipinski definition) is 4. The number of carbonyl (C=O) groups is 1. The number of nitrogens with one attached hydrogen (secondary N) is 1. The van der Waals surface area contributed by atoms with Gasteiger partial charge in [-0.1, -0.05) is 42.0 Å². The minimum Gasteiger partial charge on any atom is -0.333 e. The number of pyridine rings is 1. The van der Waals surface area contributed by atoms with Crippen LogP contribution >= 0.6 is 11.6 Å². The monoisotopic (exact) mass is 549 g/mol. The molecule has 2 aromatic heterocycles. The Balaban J connectivity index is 1.41. The summed E-state index contributed by atoms with van der Waals surface area (Å²) in [6.45, 7) is 1.91. The molecule has 3 heterocycles. The van der Waals surface area contributed by atoms with E-state index in [-0.39, 0.29) is 17.2 Å². The molecule has 6 nitrogen and oxygen atoms in total. The number of hydrogen-bond donors (Lipinski definition) is 1. The molecule has 4 aromatic rings. The highest BCUT2D eigenvalue weighted by Crippen LogP contribution is 2.36. The largest absolute Gasteiger partial charge is 0.416 e. The summed E-state index contributed by atoms with van der Waals surface area (Å²) in [5.74, 6) is 0. The first kappa shape index (κ1) is 26.5. The van der Waals surface area contributed by atoms with Crippen molar-refractivity contribution < 1.29 is 18.0 Å². The zero-order chi connectivity index (χ0) is 27.6. The van der Waals surface area contributed by atoms with Gasteiger partial charge < -0.3 is 5.32 Å². The Bertz CT molecular complexity index is 1600. The maximum Gasteiger partial charge on any atom is 0.416 e. The van der Waals surface area contributed by atoms with Crippen molar-refractivity contribution in [2.45, 2.75) is 25.7 Å². The fraction of sp³-hybridized carbons (Fsp3) is 0.207. The van der Waals surface area contributed by atoms with Crippen LogP contribution in [0.2, 0.25) is 5.15 Å². The van der Waals surface area contributed by atoms with E-state index in [1.807, 2.05) is 24.3 Å². The van der Waals surface area contributed by atoms with Crippen LogP contribution < -0.4 is 5.32 Å². The van der Waals surface area contributed by atoms with Gasteiger partial charge >= 0.3 is 12.2 Å². The van der Waals surface area contributed by atoms with Gasteiger partial charge in [0.25, 0.3) is 0 Å². The van der Waals surface area contributed by atoms with Crippen molar-refractivity contribution in [1.29, 1.82) is 5.26 Å². The summed E-state index contributed by atoms with van der Waals surface area (Å²) in [6.07, 6.45) is 1.48. The second-order valence-corrected chi connectivity index (χ2v) is 9.64. The highest BCUT2D eigenvalue weighted by Gasteiger charge is 2.33. The molecule has 198 valence electrons. The summed E-state index contributed by atoms with van der Waals surface area (Å²) in [6, 6.07) is 15.7. The molecule has 2 aromatic carbocycles. The lowest BCUT2D eigenvalue weighted by atomic mass is 10.0. The predicted octanol–water partition coefficient (Wildman–Crippen LogP) is 6.41. The molecule has 0 saturated carbocycles. The van der Waals surface area contributed by atoms with Gasteiger partial charge in [0.15, 0.2) is 0 Å². The third kappa shape index (κ3) is 5.82. The highest BCUT2D eigenvalue weighted by molar-refractivity contribution is 6.29. The van der Waals surface area contributed by atoms with Crippen molar-refractivity contribution in [3.63, 3.8) is 0 Å². The van der Waals surface area contributed by atoms with Gasteiger partial charge in [-0.3, -0.25) is 9.47 Å². The number of aromatic nitrogens is 2. The fourth-order valence-corrected chi connectivity index (χ4v) is 4.99. The Morgan fingerprint density at radius 3 is 2.67 bits per heavy atom. The van der Waals surface area contributed by atoms with Crippen LogP contribution in [0.1, 0.15) is 33.5 Å². The summed E-state index contributed by atoms with van der Waals surface area (Å²) in [7, 11) is 0. The lowest BCUT2D eigenvalue weighted by Crippen LogP contribution is -2.34. The van der Waals surface area contributed by atoms with Gasteiger partial charge in [-0.25, -0.2) is 9.78 Å². The van der Waals surface area contributed by atoms with Crippen LogP contribution in [-0.2, 0) is 25.7 Å². The van der Waals surface area contributed by atoms with E-state index >= 15 is 0 Å². The first-order valence-electron chi connectivity index (χ1n) is 12.2. The number of nitriles is 1. The lowest BCUT2D eigenvalue weighted by molar-refractivity contribution is -0.137. The molecule has 0 fully saturated rings. The smallest absolute Gasteiger partial charge is 0.333 e. The first-order chi connectivity index (χ1) is 18.7. The minimum atomic E-state index is -4.53. The Kier molecular flexibility index (Phi) is 7.42. The average molecular weight is 550 g/mol. The summed E-state index contributed by atoms with van der Waals surface area (Å²) in [4.78, 5) is 19.4. The van der Waals surface area contributed by atoms with Crippen molar-refractivity contribution in [3.05, 3.63) is 106 Å². The molecule has 0 radical (unpaired) electrons. The zero-order valence-electron chi connectivity index (χ0n) is 20.7. The third-order valence-corrected chi connectivity index (χ3v) is 6.91. The van der Waals surface area contributed by atoms with Crippen LogP contribution in [0.3, 0.4) is 0 Å². The lowest BCUT2D eigenvalue weighted by Gasteiger charge is -2.27. The van der Waals surface area contributed by atoms with E-state index in [0.717, 1.165) is 28.8 Å². The van der Waals surface area contributed by atoms with Crippen LogP contribution in [-0.4, -0.2) is 33.6 Å². The molecule has 0 aliphatic carbocycles. The fourth-order valence-electron chi connectivity index (χ4n) is 4.79. The van der Waals surface area contributed by atoms with E-state index in [0.29, 0.717) is 42.7 Å². The van der Waals surface area contributed by atoms with Crippen LogP contribution in [0.5, 0.6) is 0 Å². The summed E-state index contributed by atoms with van der Waals surface area (Å²) >= 11 is 5.93. The second-order valence-electron chi connectivity index (χ2n) is 9.26. The van der Waals surface area contributed by atoms with E-state index in [1.54, 1.807) is 24.3 Å². The van der Waals surface area contributed by atoms with Crippen LogP contribution in [0, 0.1) is 11.3 Å². The van der Waals surface area contributed by atoms with Gasteiger partial charge in [0, 0.05) is 49.9 Å². The maximum absolute atomic E-state index is 13.6. The standard InChI is InChI=1S/C29H23ClF3N5O/c30-27-14-21(9-11-35-27)17-36-28(39)38-25-10-13-37(12-1-2-19-3-5-20(16-34)6-4-19)18-24(25)23-8-7-22(15-26(23)38)29(31,32)33/h1-9,11,14-15H,10,12-13,17-18H2,(H,36,39). The van der Waals surface area contributed by atoms with Gasteiger partial charge in [0.2, 0.25) is 0 Å². The molecule has 1 amide bonds. The van der Waals surface area contributed by atoms with Crippen molar-refractivity contribution >= 4 is 34.6 Å². The van der Waals surface area contributed by atoms with Gasteiger partial charge in [-0.05, 0) is 53.1 Å². The van der Waals surface area contributed by atoms with E-state index in [2.05, 4.69) is 21.3 Å². The summed E-state index contributed by atoms with van der Waals surface area (Å²) < 4.78 is 42.1. The Hall–Kier alpha value is -4.13. The Morgan fingerprint density at radius 1 is 1.15 bits per heavy atom. The third-order valence-electron chi connectivity index (χ3n) is 6.71. The van der Waals surface area contributed by atoms with E-state index in [9.17, 15) is 18.0 Å². The summed E-state index contributed by atoms with van der Waals surface area (Å²) in [5.41, 5.74) is 3.27. The van der Waals surface area contributed by atoms with Gasteiger partial charge in [0.1, 0.15) is 5.15 Å². The molecule has 0 atom stereocenters. The van der Waals surface area contributed by atoms with Gasteiger partial charge in [-0.15, -0.1) is 0 Å². The number of carbonyl (C=O) groups excluding carboxylic acids is 1. The molecule has 10 heteroatoms. The molecule has 0 unspecified atom stereocenters. The normalized spacial score (nSPS) is 13.9. The molecular formula is C29H23ClF3N5O. The topological polar surface area (TPSA) is 74.0 Å². The van der Waals surface area contributed by atoms with Gasteiger partial charge in [0.05, 0.1) is 22.7 Å². The van der Waals surface area contributed by atoms with Crippen molar-refractivity contribution in [1.82, 2.24) is 19.8 Å². The van der Waals surface area contributed by atoms with Crippen molar-refractivity contribution in [3.8, 4) is 6.07 Å². The average Bonchev–Trinajstić information content (AvgIpc) is 3.25. The number of alkyl halides is 3. The van der Waals surface area contributed by atoms with Crippen molar-refractivity contribution in [2.24, 2.45) is 0 Å². The molecule has 39 heavy (non-hydrogen) atoms. The molecule has 1 aliphatic rings. The summed E-state index contributed by atoms with van der Waals surface area (Å²) in [5, 5.41) is 12.7. The molecular weight excluding hydrogens is 527 g/mol. The van der Waals surface area contributed by atoms with Crippen molar-refractivity contribution in [2.75, 3.05) is 13.1 Å². The number of fused-ring (bicyclic) bond motifs is 3. The number of nitrogens with zero attached hydrogens (tertiary/aromatic N) is 4. The number of amides is 1. The van der Waals surface area contributed by atoms with Crippen LogP contribution in [0.4, 0.5) is 18.0 Å². The highest BCUT2D eigenvalue weighted by atomic mass is 35.5. The second kappa shape index (κ2) is 10.9. The van der Waals surface area contributed by atoms with E-state index in [1.165, 1.54) is 16.8 Å². The Labute approximate surface area is 227 Å². The first-order valence-corrected chi connectivity index (χ1v) is 12.6. The number of rotatable bonds is 5. The molecule has 1 N–H and O–H groups in total. The maximum atomic E-state index is 13.6. The Morgan fingerprint density at radius 2 is 1.95 bits per heavy atom. The molecule has 1 aliphatic heterocycles. The van der Waals surface area contributed by atoms with E-state index in [4.69, 9.17) is 16.9 Å². The van der Waals surface area contributed by atoms with Gasteiger partial charge in [-0.2, -0.15) is 18.4 Å².